The van der Waals surface area contributed by atoms with E-state index in [0.717, 1.165) is 22.3 Å². The Hall–Kier alpha value is -2.86. The summed E-state index contributed by atoms with van der Waals surface area (Å²) in [5, 5.41) is 2.88. The molecule has 2 aromatic carbocycles. The number of nitrogens with two attached hydrogens (primary N) is 1. The number of hydrogen-bond acceptors (Lipinski definition) is 4. The van der Waals surface area contributed by atoms with Gasteiger partial charge in [-0.25, -0.2) is 4.98 Å². The number of amides is 1. The third-order valence-corrected chi connectivity index (χ3v) is 3.89. The molecule has 1 heterocycles. The van der Waals surface area contributed by atoms with Crippen molar-refractivity contribution in [3.05, 3.63) is 54.1 Å². The second-order valence-corrected chi connectivity index (χ2v) is 6.09. The van der Waals surface area contributed by atoms with Crippen LogP contribution < -0.4 is 15.8 Å². The summed E-state index contributed by atoms with van der Waals surface area (Å²) < 4.78 is 7.28. The summed E-state index contributed by atoms with van der Waals surface area (Å²) in [7, 11) is 1.64. The van der Waals surface area contributed by atoms with Crippen LogP contribution in [0.4, 0.5) is 5.95 Å². The maximum Gasteiger partial charge on any atom is 0.228 e. The van der Waals surface area contributed by atoms with Gasteiger partial charge in [0, 0.05) is 12.5 Å². The summed E-state index contributed by atoms with van der Waals surface area (Å²) in [4.78, 5) is 16.7. The van der Waals surface area contributed by atoms with E-state index in [1.54, 1.807) is 14.0 Å². The molecule has 1 amide bonds. The van der Waals surface area contributed by atoms with Crippen LogP contribution in [0.25, 0.3) is 11.0 Å². The van der Waals surface area contributed by atoms with Crippen LogP contribution in [0.1, 0.15) is 18.9 Å². The van der Waals surface area contributed by atoms with Crippen LogP contribution >= 0.6 is 0 Å². The van der Waals surface area contributed by atoms with E-state index in [4.69, 9.17) is 10.5 Å². The first-order chi connectivity index (χ1) is 12.1. The molecular weight excluding hydrogens is 316 g/mol. The highest BCUT2D eigenvalue weighted by molar-refractivity contribution is 5.91. The number of imidazole rings is 1. The summed E-state index contributed by atoms with van der Waals surface area (Å²) in [5.41, 5.74) is 8.57. The molecule has 3 aromatic rings. The molecule has 0 saturated carbocycles. The van der Waals surface area contributed by atoms with Crippen molar-refractivity contribution in [3.8, 4) is 5.75 Å². The van der Waals surface area contributed by atoms with Crippen molar-refractivity contribution in [1.29, 1.82) is 0 Å². The van der Waals surface area contributed by atoms with Crippen LogP contribution in [0.15, 0.2) is 48.5 Å². The van der Waals surface area contributed by atoms with E-state index < -0.39 is 0 Å². The lowest BCUT2D eigenvalue weighted by molar-refractivity contribution is -0.116. The molecule has 0 saturated heterocycles. The van der Waals surface area contributed by atoms with Gasteiger partial charge in [0.05, 0.1) is 24.7 Å². The Labute approximate surface area is 146 Å². The number of methoxy groups -OCH3 is 1. The third kappa shape index (κ3) is 3.97. The third-order valence-electron chi connectivity index (χ3n) is 3.89. The van der Waals surface area contributed by atoms with Gasteiger partial charge in [-0.05, 0) is 36.8 Å². The van der Waals surface area contributed by atoms with E-state index in [2.05, 4.69) is 10.3 Å². The number of aromatic nitrogens is 2. The minimum absolute atomic E-state index is 0.141. The predicted molar refractivity (Wildman–Crippen MR) is 98.7 cm³/mol. The van der Waals surface area contributed by atoms with Gasteiger partial charge in [0.15, 0.2) is 0 Å². The Kier molecular flexibility index (Phi) is 5.00. The Bertz CT molecular complexity index is 886. The summed E-state index contributed by atoms with van der Waals surface area (Å²) >= 11 is 0. The SMILES string of the molecule is COc1cccc(Cn2c(NC(=O)CC(C)N)nc3ccccc32)c1. The van der Waals surface area contributed by atoms with Crippen LogP contribution in [0.2, 0.25) is 0 Å². The molecule has 0 aliphatic rings. The molecule has 1 unspecified atom stereocenters. The Balaban J connectivity index is 1.96. The molecule has 6 heteroatoms. The fourth-order valence-electron chi connectivity index (χ4n) is 2.75. The zero-order chi connectivity index (χ0) is 17.8. The molecule has 0 aliphatic heterocycles. The number of nitrogens with one attached hydrogen (secondary N) is 1. The van der Waals surface area contributed by atoms with Crippen molar-refractivity contribution in [2.45, 2.75) is 25.9 Å². The summed E-state index contributed by atoms with van der Waals surface area (Å²) in [6, 6.07) is 15.5. The molecule has 3 rings (SSSR count). The summed E-state index contributed by atoms with van der Waals surface area (Å²) in [6.07, 6.45) is 0.252. The number of para-hydroxylation sites is 2. The largest absolute Gasteiger partial charge is 0.497 e. The Morgan fingerprint density at radius 2 is 2.08 bits per heavy atom. The molecule has 1 aromatic heterocycles. The lowest BCUT2D eigenvalue weighted by atomic mass is 10.2. The van der Waals surface area contributed by atoms with Gasteiger partial charge in [-0.2, -0.15) is 0 Å². The first-order valence-electron chi connectivity index (χ1n) is 8.20. The molecule has 1 atom stereocenters. The number of hydrogen-bond donors (Lipinski definition) is 2. The van der Waals surface area contributed by atoms with Gasteiger partial charge in [0.2, 0.25) is 11.9 Å². The van der Waals surface area contributed by atoms with E-state index in [9.17, 15) is 4.79 Å². The maximum absolute atomic E-state index is 12.1. The van der Waals surface area contributed by atoms with Crippen molar-refractivity contribution < 1.29 is 9.53 Å². The number of benzene rings is 2. The van der Waals surface area contributed by atoms with Crippen LogP contribution in [0.5, 0.6) is 5.75 Å². The van der Waals surface area contributed by atoms with Gasteiger partial charge in [0.1, 0.15) is 5.75 Å². The van der Waals surface area contributed by atoms with Crippen LogP contribution in [-0.2, 0) is 11.3 Å². The number of rotatable bonds is 6. The smallest absolute Gasteiger partial charge is 0.228 e. The van der Waals surface area contributed by atoms with Gasteiger partial charge in [-0.15, -0.1) is 0 Å². The molecule has 0 fully saturated rings. The first kappa shape index (κ1) is 17.0. The molecular formula is C19H22N4O2. The summed E-state index contributed by atoms with van der Waals surface area (Å²) in [6.45, 7) is 2.38. The van der Waals surface area contributed by atoms with Crippen molar-refractivity contribution in [2.24, 2.45) is 5.73 Å². The summed E-state index contributed by atoms with van der Waals surface area (Å²) in [5.74, 6) is 1.18. The highest BCUT2D eigenvalue weighted by Gasteiger charge is 2.14. The van der Waals surface area contributed by atoms with Gasteiger partial charge >= 0.3 is 0 Å². The predicted octanol–water partition coefficient (Wildman–Crippen LogP) is 2.77. The Morgan fingerprint density at radius 3 is 2.84 bits per heavy atom. The minimum atomic E-state index is -0.198. The maximum atomic E-state index is 12.1. The van der Waals surface area contributed by atoms with E-state index in [0.29, 0.717) is 12.5 Å². The molecule has 130 valence electrons. The van der Waals surface area contributed by atoms with Crippen LogP contribution in [0.3, 0.4) is 0 Å². The number of ether oxygens (including phenoxy) is 1. The van der Waals surface area contributed by atoms with Crippen molar-refractivity contribution in [3.63, 3.8) is 0 Å². The lowest BCUT2D eigenvalue weighted by Gasteiger charge is -2.12. The fraction of sp³-hybridized carbons (Fsp3) is 0.263. The van der Waals surface area contributed by atoms with E-state index >= 15 is 0 Å². The van der Waals surface area contributed by atoms with Crippen LogP contribution in [-0.4, -0.2) is 28.6 Å². The molecule has 6 nitrogen and oxygen atoms in total. The minimum Gasteiger partial charge on any atom is -0.497 e. The quantitative estimate of drug-likeness (QED) is 0.724. The van der Waals surface area contributed by atoms with E-state index in [1.807, 2.05) is 53.1 Å². The normalized spacial score (nSPS) is 12.1. The van der Waals surface area contributed by atoms with Crippen molar-refractivity contribution >= 4 is 22.9 Å². The van der Waals surface area contributed by atoms with Crippen molar-refractivity contribution in [1.82, 2.24) is 9.55 Å². The highest BCUT2D eigenvalue weighted by Crippen LogP contribution is 2.22. The zero-order valence-electron chi connectivity index (χ0n) is 14.4. The molecule has 0 bridgehead atoms. The number of anilines is 1. The zero-order valence-corrected chi connectivity index (χ0v) is 14.4. The molecule has 0 aliphatic carbocycles. The van der Waals surface area contributed by atoms with E-state index in [1.165, 1.54) is 0 Å². The highest BCUT2D eigenvalue weighted by atomic mass is 16.5. The van der Waals surface area contributed by atoms with Gasteiger partial charge < -0.3 is 15.0 Å². The number of carbonyl (C=O) groups is 1. The average molecular weight is 338 g/mol. The van der Waals surface area contributed by atoms with Crippen molar-refractivity contribution in [2.75, 3.05) is 12.4 Å². The first-order valence-corrected chi connectivity index (χ1v) is 8.20. The lowest BCUT2D eigenvalue weighted by Crippen LogP contribution is -2.25. The topological polar surface area (TPSA) is 82.2 Å². The number of carbonyl (C=O) groups excluding carboxylic acids is 1. The average Bonchev–Trinajstić information content (AvgIpc) is 2.91. The van der Waals surface area contributed by atoms with E-state index in [-0.39, 0.29) is 18.4 Å². The second-order valence-electron chi connectivity index (χ2n) is 6.09. The molecule has 25 heavy (non-hydrogen) atoms. The second kappa shape index (κ2) is 7.36. The van der Waals surface area contributed by atoms with Crippen LogP contribution in [0, 0.1) is 0 Å². The monoisotopic (exact) mass is 338 g/mol. The number of nitrogens with zero attached hydrogens (tertiary/aromatic N) is 2. The standard InChI is InChI=1S/C19H22N4O2/c1-13(20)10-18(24)22-19-21-16-8-3-4-9-17(16)23(19)12-14-6-5-7-15(11-14)25-2/h3-9,11,13H,10,12,20H2,1-2H3,(H,21,22,24). The fourth-order valence-corrected chi connectivity index (χ4v) is 2.75. The van der Waals surface area contributed by atoms with Gasteiger partial charge in [-0.3, -0.25) is 10.1 Å². The van der Waals surface area contributed by atoms with Gasteiger partial charge in [-0.1, -0.05) is 24.3 Å². The molecule has 0 radical (unpaired) electrons. The Morgan fingerprint density at radius 1 is 1.28 bits per heavy atom. The number of fused-ring (bicyclic) bond motifs is 1. The molecule has 3 N–H and O–H groups in total. The molecule has 0 spiro atoms. The van der Waals surface area contributed by atoms with Gasteiger partial charge in [0.25, 0.3) is 0 Å².